The highest BCUT2D eigenvalue weighted by atomic mass is 16.4. The fourth-order valence-corrected chi connectivity index (χ4v) is 3.50. The Hall–Kier alpha value is -1.10. The van der Waals surface area contributed by atoms with E-state index >= 15 is 0 Å². The van der Waals surface area contributed by atoms with Crippen molar-refractivity contribution in [2.24, 2.45) is 17.8 Å². The molecule has 5 heteroatoms. The van der Waals surface area contributed by atoms with Crippen LogP contribution in [0.4, 0.5) is 0 Å². The SMILES string of the molecule is O=C(O)CN(CC(=O)O)CC1CC2CCC1C2. The van der Waals surface area contributed by atoms with Crippen LogP contribution in [0, 0.1) is 17.8 Å². The molecule has 0 aromatic heterocycles. The van der Waals surface area contributed by atoms with Crippen molar-refractivity contribution in [3.63, 3.8) is 0 Å². The fourth-order valence-electron chi connectivity index (χ4n) is 3.50. The number of rotatable bonds is 6. The molecule has 0 aromatic carbocycles. The van der Waals surface area contributed by atoms with E-state index in [-0.39, 0.29) is 13.1 Å². The number of fused-ring (bicyclic) bond motifs is 2. The molecule has 0 amide bonds. The van der Waals surface area contributed by atoms with Gasteiger partial charge in [-0.15, -0.1) is 0 Å². The summed E-state index contributed by atoms with van der Waals surface area (Å²) in [6.45, 7) is 0.292. The Labute approximate surface area is 100 Å². The van der Waals surface area contributed by atoms with E-state index in [0.717, 1.165) is 12.3 Å². The first-order valence-electron chi connectivity index (χ1n) is 6.20. The quantitative estimate of drug-likeness (QED) is 0.722. The average molecular weight is 241 g/mol. The second kappa shape index (κ2) is 5.04. The number of aliphatic carboxylic acids is 2. The summed E-state index contributed by atoms with van der Waals surface area (Å²) < 4.78 is 0. The number of hydrogen-bond acceptors (Lipinski definition) is 3. The standard InChI is InChI=1S/C12H19NO4/c14-11(15)6-13(7-12(16)17)5-10-4-8-1-2-9(10)3-8/h8-10H,1-7H2,(H,14,15)(H,16,17). The summed E-state index contributed by atoms with van der Waals surface area (Å²) >= 11 is 0. The predicted octanol–water partition coefficient (Wildman–Crippen LogP) is 0.894. The molecule has 96 valence electrons. The second-order valence-electron chi connectivity index (χ2n) is 5.39. The number of nitrogens with zero attached hydrogens (tertiary/aromatic N) is 1. The van der Waals surface area contributed by atoms with Gasteiger partial charge in [0.25, 0.3) is 0 Å². The zero-order chi connectivity index (χ0) is 12.4. The average Bonchev–Trinajstić information content (AvgIpc) is 2.76. The van der Waals surface area contributed by atoms with Crippen LogP contribution in [0.15, 0.2) is 0 Å². The first-order chi connectivity index (χ1) is 8.04. The zero-order valence-corrected chi connectivity index (χ0v) is 9.84. The van der Waals surface area contributed by atoms with Crippen molar-refractivity contribution in [2.75, 3.05) is 19.6 Å². The van der Waals surface area contributed by atoms with Crippen molar-refractivity contribution in [3.8, 4) is 0 Å². The Bertz CT molecular complexity index is 302. The third kappa shape index (κ3) is 3.19. The van der Waals surface area contributed by atoms with Crippen molar-refractivity contribution in [1.82, 2.24) is 4.90 Å². The van der Waals surface area contributed by atoms with E-state index in [2.05, 4.69) is 0 Å². The van der Waals surface area contributed by atoms with Crippen LogP contribution in [0.25, 0.3) is 0 Å². The van der Waals surface area contributed by atoms with E-state index in [1.165, 1.54) is 19.3 Å². The van der Waals surface area contributed by atoms with Crippen molar-refractivity contribution in [2.45, 2.75) is 25.7 Å². The first-order valence-corrected chi connectivity index (χ1v) is 6.20. The molecule has 2 fully saturated rings. The van der Waals surface area contributed by atoms with Gasteiger partial charge in [-0.05, 0) is 37.0 Å². The Morgan fingerprint density at radius 2 is 1.71 bits per heavy atom. The highest BCUT2D eigenvalue weighted by Crippen LogP contribution is 2.48. The van der Waals surface area contributed by atoms with Crippen molar-refractivity contribution < 1.29 is 19.8 Å². The van der Waals surface area contributed by atoms with Crippen LogP contribution in [-0.2, 0) is 9.59 Å². The van der Waals surface area contributed by atoms with Gasteiger partial charge in [0.2, 0.25) is 0 Å². The zero-order valence-electron chi connectivity index (χ0n) is 9.84. The van der Waals surface area contributed by atoms with Gasteiger partial charge in [0.05, 0.1) is 13.1 Å². The maximum absolute atomic E-state index is 10.7. The lowest BCUT2D eigenvalue weighted by atomic mass is 9.88. The van der Waals surface area contributed by atoms with Gasteiger partial charge in [0.15, 0.2) is 0 Å². The summed E-state index contributed by atoms with van der Waals surface area (Å²) in [5, 5.41) is 17.5. The molecule has 2 saturated carbocycles. The topological polar surface area (TPSA) is 77.8 Å². The molecule has 2 aliphatic rings. The lowest BCUT2D eigenvalue weighted by Crippen LogP contribution is -2.39. The monoisotopic (exact) mass is 241 g/mol. The van der Waals surface area contributed by atoms with Crippen LogP contribution in [0.1, 0.15) is 25.7 Å². The van der Waals surface area contributed by atoms with Crippen molar-refractivity contribution >= 4 is 11.9 Å². The molecule has 2 rings (SSSR count). The molecule has 0 saturated heterocycles. The number of carbonyl (C=O) groups is 2. The first kappa shape index (κ1) is 12.4. The van der Waals surface area contributed by atoms with Gasteiger partial charge in [-0.1, -0.05) is 6.42 Å². The van der Waals surface area contributed by atoms with Crippen LogP contribution < -0.4 is 0 Å². The molecule has 0 spiro atoms. The highest BCUT2D eigenvalue weighted by Gasteiger charge is 2.40. The van der Waals surface area contributed by atoms with Gasteiger partial charge >= 0.3 is 11.9 Å². The minimum atomic E-state index is -0.950. The summed E-state index contributed by atoms with van der Waals surface area (Å²) in [6.07, 6.45) is 4.96. The lowest BCUT2D eigenvalue weighted by molar-refractivity contribution is -0.142. The smallest absolute Gasteiger partial charge is 0.317 e. The van der Waals surface area contributed by atoms with E-state index in [0.29, 0.717) is 18.4 Å². The summed E-state index contributed by atoms with van der Waals surface area (Å²) in [6, 6.07) is 0. The Balaban J connectivity index is 1.88. The van der Waals surface area contributed by atoms with Crippen LogP contribution in [0.5, 0.6) is 0 Å². The maximum atomic E-state index is 10.7. The Morgan fingerprint density at radius 3 is 2.12 bits per heavy atom. The molecule has 0 heterocycles. The molecule has 2 bridgehead atoms. The van der Waals surface area contributed by atoms with Gasteiger partial charge in [0, 0.05) is 6.54 Å². The molecule has 3 atom stereocenters. The van der Waals surface area contributed by atoms with E-state index < -0.39 is 11.9 Å². The normalized spacial score (nSPS) is 31.0. The van der Waals surface area contributed by atoms with Crippen LogP contribution in [0.2, 0.25) is 0 Å². The molecule has 5 nitrogen and oxygen atoms in total. The number of hydrogen-bond donors (Lipinski definition) is 2. The highest BCUT2D eigenvalue weighted by molar-refractivity contribution is 5.72. The van der Waals surface area contributed by atoms with Gasteiger partial charge < -0.3 is 10.2 Å². The Morgan fingerprint density at radius 1 is 1.06 bits per heavy atom. The molecular formula is C12H19NO4. The molecular weight excluding hydrogens is 222 g/mol. The molecule has 17 heavy (non-hydrogen) atoms. The number of carboxylic acids is 2. The number of carboxylic acid groups (broad SMARTS) is 2. The lowest BCUT2D eigenvalue weighted by Gasteiger charge is -2.27. The van der Waals surface area contributed by atoms with Gasteiger partial charge in [-0.25, -0.2) is 0 Å². The third-order valence-electron chi connectivity index (χ3n) is 4.09. The molecule has 0 aliphatic heterocycles. The largest absolute Gasteiger partial charge is 0.480 e. The van der Waals surface area contributed by atoms with Crippen LogP contribution >= 0.6 is 0 Å². The maximum Gasteiger partial charge on any atom is 0.317 e. The van der Waals surface area contributed by atoms with Gasteiger partial charge in [-0.2, -0.15) is 0 Å². The van der Waals surface area contributed by atoms with E-state index in [1.54, 1.807) is 4.90 Å². The van der Waals surface area contributed by atoms with Gasteiger partial charge in [-0.3, -0.25) is 14.5 Å². The Kier molecular flexibility index (Phi) is 3.66. The summed E-state index contributed by atoms with van der Waals surface area (Å²) in [5.74, 6) is 0.114. The van der Waals surface area contributed by atoms with Gasteiger partial charge in [0.1, 0.15) is 0 Å². The fraction of sp³-hybridized carbons (Fsp3) is 0.833. The van der Waals surface area contributed by atoms with Crippen molar-refractivity contribution in [1.29, 1.82) is 0 Å². The van der Waals surface area contributed by atoms with E-state index in [4.69, 9.17) is 10.2 Å². The van der Waals surface area contributed by atoms with E-state index in [9.17, 15) is 9.59 Å². The third-order valence-corrected chi connectivity index (χ3v) is 4.09. The summed E-state index contributed by atoms with van der Waals surface area (Å²) in [4.78, 5) is 22.9. The van der Waals surface area contributed by atoms with Crippen LogP contribution in [0.3, 0.4) is 0 Å². The summed E-state index contributed by atoms with van der Waals surface area (Å²) in [5.41, 5.74) is 0. The summed E-state index contributed by atoms with van der Waals surface area (Å²) in [7, 11) is 0. The molecule has 2 aliphatic carbocycles. The predicted molar refractivity (Wildman–Crippen MR) is 60.6 cm³/mol. The van der Waals surface area contributed by atoms with Crippen LogP contribution in [-0.4, -0.2) is 46.7 Å². The minimum Gasteiger partial charge on any atom is -0.480 e. The van der Waals surface area contributed by atoms with Crippen molar-refractivity contribution in [3.05, 3.63) is 0 Å². The molecule has 3 unspecified atom stereocenters. The van der Waals surface area contributed by atoms with E-state index in [1.807, 2.05) is 0 Å². The minimum absolute atomic E-state index is 0.166. The molecule has 0 aromatic rings. The molecule has 0 radical (unpaired) electrons. The second-order valence-corrected chi connectivity index (χ2v) is 5.39. The molecule has 2 N–H and O–H groups in total.